The number of nitrogens with one attached hydrogen (secondary N) is 2. The van der Waals surface area contributed by atoms with Crippen LogP contribution in [0.15, 0.2) is 121 Å². The Morgan fingerprint density at radius 3 is 2.51 bits per heavy atom. The average Bonchev–Trinajstić information content (AvgIpc) is 2.00. The largest absolute Gasteiger partial charge is 0.508 e. The standard InChI is InChI=1S/C71H81N3O9/c75-41-53-34-66(79)67-35-49(53)22-23-58(77)37-60-14-8-9-46(17-18-47-20-24-65(78)51(29-47)30-48-10-7-11-57(76)31-48)19-21-50-36-68(72-45-83-59-12-1-2-13-59)73-69(62(50)44-81-60)74-39-52-32-55(33-54(42-82-67)61(52)40-74)71-27-28-80-43-56(71)38-70(25-5-6-26-70)63-15-3-4-16-64(63)71/h3-4,7,10-11,15-16,20,24,29,31-36,39-40,46,56,58-60,68,72-73,75-79H,1-2,5-6,8-9,12-14,17-18,22-23,25-28,30,37-38,41-45H2. The first-order valence-corrected chi connectivity index (χ1v) is 31.0. The molecule has 12 heteroatoms. The van der Waals surface area contributed by atoms with Crippen molar-refractivity contribution in [3.63, 3.8) is 0 Å². The van der Waals surface area contributed by atoms with Gasteiger partial charge in [0.25, 0.3) is 0 Å². The third-order valence-corrected chi connectivity index (χ3v) is 19.9. The van der Waals surface area contributed by atoms with Crippen molar-refractivity contribution in [1.82, 2.24) is 15.2 Å². The van der Waals surface area contributed by atoms with Crippen molar-refractivity contribution >= 4 is 16.6 Å². The molecule has 12 nitrogen and oxygen atoms in total. The number of rotatable bonds is 11. The molecule has 83 heavy (non-hydrogen) atoms. The van der Waals surface area contributed by atoms with E-state index in [2.05, 4.69) is 88.0 Å². The van der Waals surface area contributed by atoms with Crippen molar-refractivity contribution in [2.45, 2.75) is 171 Å². The van der Waals surface area contributed by atoms with Crippen LogP contribution in [0.4, 0.5) is 0 Å². The Morgan fingerprint density at radius 2 is 1.65 bits per heavy atom. The van der Waals surface area contributed by atoms with Crippen molar-refractivity contribution in [3.8, 4) is 34.8 Å². The predicted molar refractivity (Wildman–Crippen MR) is 322 cm³/mol. The fraction of sp³-hybridized carbons (Fsp3) is 0.465. The van der Waals surface area contributed by atoms with Crippen LogP contribution in [-0.4, -0.2) is 81.1 Å². The van der Waals surface area contributed by atoms with Gasteiger partial charge in [-0.25, -0.2) is 0 Å². The first kappa shape index (κ1) is 55.6. The lowest BCUT2D eigenvalue weighted by Gasteiger charge is -2.54. The zero-order chi connectivity index (χ0) is 56.5. The lowest BCUT2D eigenvalue weighted by Crippen LogP contribution is -2.51. The number of phenolic OH excluding ortho intramolecular Hbond substituents is 3. The number of aliphatic hydroxyl groups is 2. The molecular weight excluding hydrogens is 1040 g/mol. The number of dihydropyridines is 1. The monoisotopic (exact) mass is 1120 g/mol. The molecule has 434 valence electrons. The van der Waals surface area contributed by atoms with E-state index in [1.54, 1.807) is 24.3 Å². The summed E-state index contributed by atoms with van der Waals surface area (Å²) in [4.78, 5) is 0. The summed E-state index contributed by atoms with van der Waals surface area (Å²) in [6, 6.07) is 30.6. The maximum atomic E-state index is 11.9. The Hall–Kier alpha value is -6.56. The topological polar surface area (TPSA) is 167 Å². The van der Waals surface area contributed by atoms with Gasteiger partial charge in [0.15, 0.2) is 11.5 Å². The van der Waals surface area contributed by atoms with E-state index < -0.39 is 6.10 Å². The van der Waals surface area contributed by atoms with Crippen molar-refractivity contribution in [2.75, 3.05) is 26.6 Å². The molecule has 6 unspecified atom stereocenters. The van der Waals surface area contributed by atoms with E-state index in [-0.39, 0.29) is 78.1 Å². The molecule has 6 bridgehead atoms. The number of hydrogen-bond donors (Lipinski definition) is 7. The van der Waals surface area contributed by atoms with Gasteiger partial charge in [0, 0.05) is 58.7 Å². The van der Waals surface area contributed by atoms with Gasteiger partial charge >= 0.3 is 0 Å². The third kappa shape index (κ3) is 11.6. The van der Waals surface area contributed by atoms with Crippen LogP contribution >= 0.6 is 0 Å². The average molecular weight is 1120 g/mol. The summed E-state index contributed by atoms with van der Waals surface area (Å²) in [7, 11) is 0. The van der Waals surface area contributed by atoms with E-state index in [0.717, 1.165) is 113 Å². The molecular formula is C71H81N3O9. The van der Waals surface area contributed by atoms with Gasteiger partial charge < -0.3 is 54.4 Å². The van der Waals surface area contributed by atoms with Gasteiger partial charge in [-0.15, -0.1) is 0 Å². The second-order valence-corrected chi connectivity index (χ2v) is 25.1. The van der Waals surface area contributed by atoms with Gasteiger partial charge in [0.1, 0.15) is 30.1 Å². The molecule has 1 spiro atoms. The highest BCUT2D eigenvalue weighted by Gasteiger charge is 2.55. The van der Waals surface area contributed by atoms with Crippen LogP contribution in [0.1, 0.15) is 153 Å². The Bertz CT molecular complexity index is 3470. The normalized spacial score (nSPS) is 25.3. The smallest absolute Gasteiger partial charge is 0.161 e. The van der Waals surface area contributed by atoms with Gasteiger partial charge in [-0.2, -0.15) is 0 Å². The maximum Gasteiger partial charge on any atom is 0.161 e. The van der Waals surface area contributed by atoms with E-state index in [1.165, 1.54) is 55.2 Å². The number of benzene rings is 5. The van der Waals surface area contributed by atoms with Crippen molar-refractivity contribution in [3.05, 3.63) is 171 Å². The number of nitrogens with zero attached hydrogens (tertiary/aromatic N) is 1. The van der Waals surface area contributed by atoms with E-state index in [4.69, 9.17) is 18.9 Å². The number of aromatic nitrogens is 1. The Labute approximate surface area is 488 Å². The van der Waals surface area contributed by atoms with Crippen LogP contribution in [0.3, 0.4) is 0 Å². The number of aliphatic hydroxyl groups excluding tert-OH is 2. The Morgan fingerprint density at radius 1 is 0.783 bits per heavy atom. The van der Waals surface area contributed by atoms with E-state index in [1.807, 2.05) is 24.3 Å². The molecule has 1 saturated heterocycles. The molecule has 2 saturated carbocycles. The van der Waals surface area contributed by atoms with E-state index in [0.29, 0.717) is 56.9 Å². The molecule has 4 aliphatic heterocycles. The molecule has 0 radical (unpaired) electrons. The van der Waals surface area contributed by atoms with Crippen LogP contribution in [0.2, 0.25) is 0 Å². The number of aryl methyl sites for hydroxylation is 2. The van der Waals surface area contributed by atoms with Crippen molar-refractivity contribution < 1.29 is 44.5 Å². The highest BCUT2D eigenvalue weighted by atomic mass is 16.5. The van der Waals surface area contributed by atoms with Crippen LogP contribution in [0, 0.1) is 23.7 Å². The summed E-state index contributed by atoms with van der Waals surface area (Å²) in [6.07, 6.45) is 22.8. The summed E-state index contributed by atoms with van der Waals surface area (Å²) in [5, 5.41) is 64.9. The minimum absolute atomic E-state index is 0.0315. The van der Waals surface area contributed by atoms with Gasteiger partial charge in [0.05, 0.1) is 44.9 Å². The summed E-state index contributed by atoms with van der Waals surface area (Å²) in [5.74, 6) is 9.50. The molecule has 5 heterocycles. The minimum atomic E-state index is -0.699. The summed E-state index contributed by atoms with van der Waals surface area (Å²) >= 11 is 0. The second kappa shape index (κ2) is 24.2. The van der Waals surface area contributed by atoms with Gasteiger partial charge in [-0.05, 0) is 194 Å². The molecule has 3 aliphatic carbocycles. The Kier molecular flexibility index (Phi) is 16.2. The number of fused-ring (bicyclic) bond motifs is 10. The first-order valence-electron chi connectivity index (χ1n) is 31.0. The SMILES string of the molecule is OCc1cc(O)c2cc1CCC(O)CC1CCCC(CCc3ccc(O)c(Cc4cccc(O)c4)c3)C#CC3=CC(NCOC4CCCC4)NC(=C3CO1)n1cc3cc(C45CCOCC4CC4(CCCC4)c4ccccc45)cc(c3c1)CO2. The van der Waals surface area contributed by atoms with Gasteiger partial charge in [0.2, 0.25) is 0 Å². The maximum absolute atomic E-state index is 11.9. The van der Waals surface area contributed by atoms with Gasteiger partial charge in [-0.1, -0.05) is 92.1 Å². The first-order chi connectivity index (χ1) is 40.6. The molecule has 13 rings (SSSR count). The molecule has 0 amide bonds. The highest BCUT2D eigenvalue weighted by Crippen LogP contribution is 2.60. The number of hydrogen-bond acceptors (Lipinski definition) is 11. The zero-order valence-electron chi connectivity index (χ0n) is 47.9. The number of ether oxygens (including phenoxy) is 4. The summed E-state index contributed by atoms with van der Waals surface area (Å²) < 4.78 is 29.0. The molecule has 5 aromatic carbocycles. The molecule has 6 atom stereocenters. The summed E-state index contributed by atoms with van der Waals surface area (Å²) in [5.41, 5.74) is 11.2. The fourth-order valence-electron chi connectivity index (χ4n) is 15.5. The molecule has 7 N–H and O–H groups in total. The van der Waals surface area contributed by atoms with Gasteiger partial charge in [-0.3, -0.25) is 5.32 Å². The second-order valence-electron chi connectivity index (χ2n) is 25.1. The number of aromatic hydroxyl groups is 3. The van der Waals surface area contributed by atoms with Crippen LogP contribution < -0.4 is 15.4 Å². The summed E-state index contributed by atoms with van der Waals surface area (Å²) in [6.45, 7) is 1.95. The number of phenols is 3. The van der Waals surface area contributed by atoms with Crippen LogP contribution in [0.25, 0.3) is 16.6 Å². The molecule has 6 aromatic rings. The van der Waals surface area contributed by atoms with Crippen molar-refractivity contribution in [1.29, 1.82) is 0 Å². The molecule has 3 fully saturated rings. The minimum Gasteiger partial charge on any atom is -0.508 e. The third-order valence-electron chi connectivity index (χ3n) is 19.9. The van der Waals surface area contributed by atoms with Crippen LogP contribution in [0.5, 0.6) is 23.0 Å². The fourth-order valence-corrected chi connectivity index (χ4v) is 15.5. The van der Waals surface area contributed by atoms with E-state index >= 15 is 0 Å². The van der Waals surface area contributed by atoms with Crippen molar-refractivity contribution in [2.24, 2.45) is 11.8 Å². The quantitative estimate of drug-likeness (QED) is 0.0487. The Balaban J connectivity index is 0.927. The lowest BCUT2D eigenvalue weighted by atomic mass is 9.51. The van der Waals surface area contributed by atoms with Crippen LogP contribution in [-0.2, 0) is 57.5 Å². The molecule has 1 aromatic heterocycles. The zero-order valence-corrected chi connectivity index (χ0v) is 47.9. The molecule has 7 aliphatic rings. The van der Waals surface area contributed by atoms with E-state index in [9.17, 15) is 25.5 Å². The highest BCUT2D eigenvalue weighted by molar-refractivity contribution is 5.89. The lowest BCUT2D eigenvalue weighted by molar-refractivity contribution is -0.00873. The predicted octanol–water partition coefficient (Wildman–Crippen LogP) is 12.0.